The molecule has 0 fully saturated rings. The Labute approximate surface area is 182 Å². The molecule has 9 heteroatoms. The van der Waals surface area contributed by atoms with Gasteiger partial charge in [0.15, 0.2) is 0 Å². The van der Waals surface area contributed by atoms with Crippen molar-refractivity contribution in [2.24, 2.45) is 0 Å². The third-order valence-corrected chi connectivity index (χ3v) is 5.55. The molecular weight excluding hydrogens is 418 g/mol. The molecule has 0 aliphatic carbocycles. The largest absolute Gasteiger partial charge is 0.382 e. The molecule has 0 unspecified atom stereocenters. The van der Waals surface area contributed by atoms with E-state index in [9.17, 15) is 18.0 Å². The van der Waals surface area contributed by atoms with Crippen molar-refractivity contribution in [2.75, 3.05) is 31.6 Å². The van der Waals surface area contributed by atoms with Gasteiger partial charge < -0.3 is 15.4 Å². The van der Waals surface area contributed by atoms with E-state index in [2.05, 4.69) is 21.3 Å². The molecule has 0 saturated heterocycles. The Balaban J connectivity index is 1.98. The average molecular weight is 444 g/mol. The minimum atomic E-state index is -3.73. The summed E-state index contributed by atoms with van der Waals surface area (Å²) in [6.45, 7) is 3.48. The number of carbonyl (C=O) groups is 2. The molecule has 0 aliphatic heterocycles. The van der Waals surface area contributed by atoms with Crippen LogP contribution in [0.5, 0.6) is 0 Å². The fourth-order valence-electron chi connectivity index (χ4n) is 2.57. The van der Waals surface area contributed by atoms with E-state index in [1.54, 1.807) is 24.3 Å². The molecule has 2 rings (SSSR count). The highest BCUT2D eigenvalue weighted by Crippen LogP contribution is 2.15. The van der Waals surface area contributed by atoms with E-state index in [1.165, 1.54) is 24.3 Å². The van der Waals surface area contributed by atoms with Crippen LogP contribution in [0.1, 0.15) is 34.1 Å². The van der Waals surface area contributed by atoms with Crippen LogP contribution in [-0.4, -0.2) is 46.5 Å². The van der Waals surface area contributed by atoms with Crippen LogP contribution in [0, 0.1) is 12.3 Å². The number of ether oxygens (including phenoxy) is 1. The van der Waals surface area contributed by atoms with Gasteiger partial charge in [-0.3, -0.25) is 9.59 Å². The van der Waals surface area contributed by atoms with Crippen LogP contribution in [0.2, 0.25) is 0 Å². The summed E-state index contributed by atoms with van der Waals surface area (Å²) < 4.78 is 31.5. The fourth-order valence-corrected chi connectivity index (χ4v) is 3.50. The summed E-state index contributed by atoms with van der Waals surface area (Å²) >= 11 is 0. The molecule has 2 aromatic rings. The van der Waals surface area contributed by atoms with Crippen LogP contribution < -0.4 is 15.4 Å². The molecule has 0 heterocycles. The van der Waals surface area contributed by atoms with Gasteiger partial charge in [0.05, 0.1) is 11.4 Å². The van der Waals surface area contributed by atoms with E-state index < -0.39 is 15.9 Å². The molecule has 0 atom stereocenters. The quantitative estimate of drug-likeness (QED) is 0.363. The van der Waals surface area contributed by atoms with Crippen LogP contribution in [0.3, 0.4) is 0 Å². The maximum atomic E-state index is 12.5. The minimum absolute atomic E-state index is 0.00213. The first-order chi connectivity index (χ1) is 14.9. The highest BCUT2D eigenvalue weighted by atomic mass is 32.2. The number of nitrogens with one attached hydrogen (secondary N) is 3. The second-order valence-corrected chi connectivity index (χ2v) is 8.16. The molecule has 0 spiro atoms. The Morgan fingerprint density at radius 3 is 2.48 bits per heavy atom. The predicted molar refractivity (Wildman–Crippen MR) is 118 cm³/mol. The maximum absolute atomic E-state index is 12.5. The van der Waals surface area contributed by atoms with Gasteiger partial charge >= 0.3 is 0 Å². The molecule has 3 N–H and O–H groups in total. The van der Waals surface area contributed by atoms with Gasteiger partial charge in [-0.15, -0.1) is 6.42 Å². The summed E-state index contributed by atoms with van der Waals surface area (Å²) in [5.41, 5.74) is 1.12. The van der Waals surface area contributed by atoms with Crippen LogP contribution >= 0.6 is 0 Å². The number of sulfonamides is 1. The Morgan fingerprint density at radius 2 is 1.81 bits per heavy atom. The second-order valence-electron chi connectivity index (χ2n) is 6.39. The molecular formula is C22H25N3O5S. The van der Waals surface area contributed by atoms with Gasteiger partial charge in [-0.2, -0.15) is 4.72 Å². The van der Waals surface area contributed by atoms with E-state index in [1.807, 2.05) is 6.92 Å². The molecule has 8 nitrogen and oxygen atoms in total. The van der Waals surface area contributed by atoms with Crippen LogP contribution in [-0.2, 0) is 14.8 Å². The first-order valence-electron chi connectivity index (χ1n) is 9.68. The highest BCUT2D eigenvalue weighted by Gasteiger charge is 2.14. The first-order valence-corrected chi connectivity index (χ1v) is 11.2. The SMILES string of the molecule is C#CCNS(=O)(=O)c1ccc(C(=O)Nc2cccc(C(=O)NCCCOCC)c2)cc1. The van der Waals surface area contributed by atoms with Gasteiger partial charge in [-0.05, 0) is 55.8 Å². The summed E-state index contributed by atoms with van der Waals surface area (Å²) in [5.74, 6) is 1.51. The summed E-state index contributed by atoms with van der Waals surface area (Å²) in [5, 5.41) is 5.50. The normalized spacial score (nSPS) is 10.8. The fraction of sp³-hybridized carbons (Fsp3) is 0.273. The van der Waals surface area contributed by atoms with E-state index in [0.29, 0.717) is 37.4 Å². The summed E-state index contributed by atoms with van der Waals surface area (Å²) in [6, 6.07) is 12.0. The lowest BCUT2D eigenvalue weighted by molar-refractivity contribution is 0.0943. The summed E-state index contributed by atoms with van der Waals surface area (Å²) in [6.07, 6.45) is 5.77. The Morgan fingerprint density at radius 1 is 1.06 bits per heavy atom. The lowest BCUT2D eigenvalue weighted by Gasteiger charge is -2.09. The monoisotopic (exact) mass is 443 g/mol. The van der Waals surface area contributed by atoms with Gasteiger partial charge in [-0.1, -0.05) is 12.0 Å². The number of benzene rings is 2. The Hall–Kier alpha value is -3.19. The zero-order valence-electron chi connectivity index (χ0n) is 17.2. The number of hydrogen-bond donors (Lipinski definition) is 3. The number of hydrogen-bond acceptors (Lipinski definition) is 5. The predicted octanol–water partition coefficient (Wildman–Crippen LogP) is 2.01. The van der Waals surface area contributed by atoms with Gasteiger partial charge in [0.1, 0.15) is 0 Å². The van der Waals surface area contributed by atoms with Crippen molar-refractivity contribution in [2.45, 2.75) is 18.2 Å². The topological polar surface area (TPSA) is 114 Å². The Kier molecular flexibility index (Phi) is 9.21. The maximum Gasteiger partial charge on any atom is 0.255 e. The van der Waals surface area contributed by atoms with E-state index >= 15 is 0 Å². The summed E-state index contributed by atoms with van der Waals surface area (Å²) in [7, 11) is -3.73. The third kappa shape index (κ3) is 7.53. The molecule has 2 aromatic carbocycles. The zero-order chi connectivity index (χ0) is 22.7. The molecule has 0 saturated carbocycles. The molecule has 0 bridgehead atoms. The molecule has 2 amide bonds. The highest BCUT2D eigenvalue weighted by molar-refractivity contribution is 7.89. The van der Waals surface area contributed by atoms with Gasteiger partial charge in [0.25, 0.3) is 11.8 Å². The Bertz CT molecular complexity index is 1040. The van der Waals surface area contributed by atoms with Crippen LogP contribution in [0.4, 0.5) is 5.69 Å². The number of carbonyl (C=O) groups excluding carboxylic acids is 2. The van der Waals surface area contributed by atoms with Gasteiger partial charge in [0.2, 0.25) is 10.0 Å². The second kappa shape index (κ2) is 11.9. The lowest BCUT2D eigenvalue weighted by Crippen LogP contribution is -2.25. The van der Waals surface area contributed by atoms with Gasteiger partial charge in [-0.25, -0.2) is 8.42 Å². The van der Waals surface area contributed by atoms with Crippen molar-refractivity contribution in [3.63, 3.8) is 0 Å². The first kappa shape index (κ1) is 24.1. The van der Waals surface area contributed by atoms with Crippen LogP contribution in [0.15, 0.2) is 53.4 Å². The van der Waals surface area contributed by atoms with Gasteiger partial charge in [0, 0.05) is 36.6 Å². The molecule has 0 radical (unpaired) electrons. The van der Waals surface area contributed by atoms with Crippen LogP contribution in [0.25, 0.3) is 0 Å². The summed E-state index contributed by atoms with van der Waals surface area (Å²) in [4.78, 5) is 24.7. The van der Waals surface area contributed by atoms with Crippen molar-refractivity contribution < 1.29 is 22.7 Å². The molecule has 164 valence electrons. The smallest absolute Gasteiger partial charge is 0.255 e. The van der Waals surface area contributed by atoms with E-state index in [0.717, 1.165) is 0 Å². The third-order valence-electron chi connectivity index (χ3n) is 4.13. The van der Waals surface area contributed by atoms with Crippen molar-refractivity contribution >= 4 is 27.5 Å². The number of rotatable bonds is 11. The van der Waals surface area contributed by atoms with Crippen molar-refractivity contribution in [3.05, 3.63) is 59.7 Å². The number of amides is 2. The zero-order valence-corrected chi connectivity index (χ0v) is 18.0. The van der Waals surface area contributed by atoms with Crippen molar-refractivity contribution in [1.29, 1.82) is 0 Å². The number of anilines is 1. The molecule has 31 heavy (non-hydrogen) atoms. The van der Waals surface area contributed by atoms with E-state index in [-0.39, 0.29) is 22.9 Å². The molecule has 0 aliphatic rings. The average Bonchev–Trinajstić information content (AvgIpc) is 2.77. The van der Waals surface area contributed by atoms with E-state index in [4.69, 9.17) is 11.2 Å². The number of terminal acetylenes is 1. The molecule has 0 aromatic heterocycles. The van der Waals surface area contributed by atoms with Crippen molar-refractivity contribution in [1.82, 2.24) is 10.0 Å². The lowest BCUT2D eigenvalue weighted by atomic mass is 10.1. The van der Waals surface area contributed by atoms with Crippen molar-refractivity contribution in [3.8, 4) is 12.3 Å². The minimum Gasteiger partial charge on any atom is -0.382 e. The standard InChI is InChI=1S/C22H25N3O5S/c1-3-13-24-31(28,29)20-11-9-17(10-12-20)22(27)25-19-8-5-7-18(16-19)21(26)23-14-6-15-30-4-2/h1,5,7-12,16,24H,4,6,13-15H2,2H3,(H,23,26)(H,25,27).